The van der Waals surface area contributed by atoms with E-state index in [1.165, 1.54) is 118 Å². The van der Waals surface area contributed by atoms with E-state index < -0.39 is 220 Å². The Bertz CT molecular complexity index is 2650. The maximum absolute atomic E-state index is 16.3. The van der Waals surface area contributed by atoms with Crippen LogP contribution >= 0.6 is 0 Å². The van der Waals surface area contributed by atoms with Crippen molar-refractivity contribution in [2.24, 2.45) is 0 Å². The smallest absolute Gasteiger partial charge is 0.279 e. The van der Waals surface area contributed by atoms with Crippen LogP contribution in [-0.2, 0) is 0 Å². The Morgan fingerprint density at radius 2 is 0.190 bits per heavy atom. The molecular formula is C48H60N24O12. The van der Waals surface area contributed by atoms with Gasteiger partial charge in [-0.1, -0.05) is 0 Å². The molecular weight excluding hydrogens is 1100 g/mol. The van der Waals surface area contributed by atoms with Gasteiger partial charge in [0.05, 0.1) is 0 Å². The molecule has 0 aromatic carbocycles. The summed E-state index contributed by atoms with van der Waals surface area (Å²) in [5.74, 6) is 0. The highest BCUT2D eigenvalue weighted by Gasteiger charge is 2.90. The van der Waals surface area contributed by atoms with Crippen LogP contribution in [0.15, 0.2) is 0 Å². The first kappa shape index (κ1) is 47.7. The summed E-state index contributed by atoms with van der Waals surface area (Å²) >= 11 is 0. The van der Waals surface area contributed by atoms with Crippen LogP contribution in [0.4, 0.5) is 57.5 Å². The second-order valence-electron chi connectivity index (χ2n) is 27.6. The molecule has 0 aromatic heterocycles. The molecule has 0 aliphatic carbocycles. The van der Waals surface area contributed by atoms with E-state index in [2.05, 4.69) is 0 Å². The highest BCUT2D eigenvalue weighted by atomic mass is 16.3. The third-order valence-corrected chi connectivity index (χ3v) is 26.9. The Hall–Kier alpha value is -8.76. The van der Waals surface area contributed by atoms with Gasteiger partial charge in [0.1, 0.15) is 80.0 Å². The van der Waals surface area contributed by atoms with E-state index in [0.717, 1.165) is 0 Å². The molecule has 18 heterocycles. The first-order chi connectivity index (χ1) is 39.2. The molecule has 18 aliphatic heterocycles. The summed E-state index contributed by atoms with van der Waals surface area (Å²) in [6.45, 7) is 12.3. The number of amides is 24. The number of carbonyl (C=O) groups is 12. The Morgan fingerprint density at radius 3 is 0.238 bits per heavy atom. The van der Waals surface area contributed by atoms with Gasteiger partial charge in [-0.15, -0.1) is 0 Å². The second-order valence-corrected chi connectivity index (χ2v) is 27.6. The molecule has 0 aromatic rings. The Labute approximate surface area is 477 Å². The molecule has 0 atom stereocenters. The molecule has 18 saturated heterocycles. The quantitative estimate of drug-likeness (QED) is 0.283. The van der Waals surface area contributed by atoms with Crippen molar-refractivity contribution < 1.29 is 57.5 Å². The number of hydrogen-bond acceptors (Lipinski definition) is 12. The highest BCUT2D eigenvalue weighted by molar-refractivity contribution is 5.98. The van der Waals surface area contributed by atoms with Gasteiger partial charge in [0.2, 0.25) is 0 Å². The van der Waals surface area contributed by atoms with E-state index in [-0.39, 0.29) is 0 Å². The summed E-state index contributed by atoms with van der Waals surface area (Å²) in [5, 5.41) is 0. The van der Waals surface area contributed by atoms with E-state index in [1.807, 2.05) is 0 Å². The van der Waals surface area contributed by atoms with E-state index in [4.69, 9.17) is 0 Å². The number of rotatable bonds is 0. The minimum Gasteiger partial charge on any atom is -0.279 e. The molecule has 36 heteroatoms. The predicted octanol–water partition coefficient (Wildman–Crippen LogP) is -0.983. The van der Waals surface area contributed by atoms with Crippen LogP contribution in [0.2, 0.25) is 0 Å². The van der Waals surface area contributed by atoms with Gasteiger partial charge < -0.3 is 0 Å². The monoisotopic (exact) mass is 1160 g/mol. The van der Waals surface area contributed by atoms with E-state index in [0.29, 0.717) is 0 Å². The van der Waals surface area contributed by atoms with E-state index >= 15 is 57.5 Å². The minimum atomic E-state index is -1.86. The molecule has 0 saturated carbocycles. The summed E-state index contributed by atoms with van der Waals surface area (Å²) < 4.78 is 0. The van der Waals surface area contributed by atoms with Crippen LogP contribution in [0.1, 0.15) is 83.1 Å². The molecule has 444 valence electrons. The van der Waals surface area contributed by atoms with Crippen molar-refractivity contribution in [3.63, 3.8) is 0 Å². The summed E-state index contributed by atoms with van der Waals surface area (Å²) in [5.41, 5.74) is -22.3. The standard InChI is InChI=1S/C48H60N24O12/c1-37-38(2)51-15-55-29(77)59-19-63-33(81)67-23-71-36(84)70-22-66-32(80)62-18-58-28(76)54(14-50(37)26(51)74)40(4)42(58,6)56-16-52(38)25(73)49(37)13-53-27(75)57(41(55,5)39(53,59)3)17-61-31(79)65(45(63,9)43(61,67)7)21-69-35(83)72(48(71,12)47(69,70)11)24-68-34(82)64(20-60(40)30(56)78)46(66,10)44(62,68)8/h13-24H2,1-12H3. The van der Waals surface area contributed by atoms with Gasteiger partial charge in [-0.25, -0.2) is 57.5 Å². The van der Waals surface area contributed by atoms with Gasteiger partial charge in [0.15, 0.2) is 68.0 Å². The Balaban J connectivity index is 0.937. The summed E-state index contributed by atoms with van der Waals surface area (Å²) in [6.07, 6.45) is 0. The largest absolute Gasteiger partial charge is 0.326 e. The maximum atomic E-state index is 16.3. The third-order valence-electron chi connectivity index (χ3n) is 26.9. The molecule has 18 fully saturated rings. The lowest BCUT2D eigenvalue weighted by Crippen LogP contribution is -2.76. The lowest BCUT2D eigenvalue weighted by molar-refractivity contribution is -0.162. The first-order valence-corrected chi connectivity index (χ1v) is 28.3. The summed E-state index contributed by atoms with van der Waals surface area (Å²) in [4.78, 5) is 228. The van der Waals surface area contributed by atoms with E-state index in [1.54, 1.807) is 83.1 Å². The SMILES string of the molecule is CC12N3CN4C(=O)N5CN6C(=O)N7CN8C(=O)N9CN%10C(=O)N%11CN%12C(=O)N%13CN(C3=O)C1(C)N1CN3C(=O)N(CN%14C(=O)N(CN%15C(=O)N(CN%16C(=O)N(CN%17C(=O)N(CN2C1=O)C%12(C)C%13%17C)C%10(C)C%11%16C)C8(C)C%159C)C6(C)C%147C)C4(C)C35C. The molecule has 18 aliphatic rings. The number of carbonyl (C=O) groups excluding carboxylic acids is 12. The molecule has 36 nitrogen and oxygen atoms in total. The zero-order chi connectivity index (χ0) is 59.3. The minimum absolute atomic E-state index is 0.627. The maximum Gasteiger partial charge on any atom is 0.326 e. The van der Waals surface area contributed by atoms with Crippen LogP contribution in [0.25, 0.3) is 0 Å². The van der Waals surface area contributed by atoms with Crippen molar-refractivity contribution >= 4 is 72.4 Å². The van der Waals surface area contributed by atoms with Crippen molar-refractivity contribution in [2.75, 3.05) is 80.0 Å². The van der Waals surface area contributed by atoms with Crippen molar-refractivity contribution in [3.05, 3.63) is 0 Å². The molecule has 0 unspecified atom stereocenters. The fourth-order valence-corrected chi connectivity index (χ4v) is 20.6. The molecule has 0 spiro atoms. The zero-order valence-corrected chi connectivity index (χ0v) is 48.1. The lowest BCUT2D eigenvalue weighted by atomic mass is 9.90. The van der Waals surface area contributed by atoms with Gasteiger partial charge in [0.25, 0.3) is 0 Å². The van der Waals surface area contributed by atoms with Gasteiger partial charge in [0, 0.05) is 0 Å². The predicted molar refractivity (Wildman–Crippen MR) is 268 cm³/mol. The Kier molecular flexibility index (Phi) is 6.73. The van der Waals surface area contributed by atoms with Crippen LogP contribution in [0.5, 0.6) is 0 Å². The lowest BCUT2D eigenvalue weighted by Gasteiger charge is -2.55. The van der Waals surface area contributed by atoms with Gasteiger partial charge in [-0.05, 0) is 83.1 Å². The topological polar surface area (TPSA) is 283 Å². The average molecular weight is 1170 g/mol. The van der Waals surface area contributed by atoms with Crippen molar-refractivity contribution in [1.82, 2.24) is 118 Å². The summed E-state index contributed by atoms with van der Waals surface area (Å²) in [7, 11) is 0. The summed E-state index contributed by atoms with van der Waals surface area (Å²) in [6, 6.07) is -8.89. The third kappa shape index (κ3) is 3.44. The normalized spacial score (nSPS) is 47.0. The van der Waals surface area contributed by atoms with Gasteiger partial charge in [-0.3, -0.25) is 118 Å². The molecule has 84 heavy (non-hydrogen) atoms. The second kappa shape index (κ2) is 11.9. The van der Waals surface area contributed by atoms with Crippen molar-refractivity contribution in [2.45, 2.75) is 151 Å². The van der Waals surface area contributed by atoms with Crippen molar-refractivity contribution in [1.29, 1.82) is 0 Å². The number of urea groups is 12. The van der Waals surface area contributed by atoms with Crippen LogP contribution < -0.4 is 0 Å². The molecule has 36 bridgehead atoms. The average Bonchev–Trinajstić information content (AvgIpc) is 1.48. The molecule has 18 rings (SSSR count). The first-order valence-electron chi connectivity index (χ1n) is 28.3. The molecule has 24 amide bonds. The number of hydrogen-bond donors (Lipinski definition) is 0. The van der Waals surface area contributed by atoms with Gasteiger partial charge in [-0.2, -0.15) is 0 Å². The van der Waals surface area contributed by atoms with Crippen molar-refractivity contribution in [3.8, 4) is 0 Å². The number of nitrogens with zero attached hydrogens (tertiary/aromatic N) is 24. The molecule has 0 radical (unpaired) electrons. The van der Waals surface area contributed by atoms with Crippen LogP contribution in [0, 0.1) is 0 Å². The highest BCUT2D eigenvalue weighted by Crippen LogP contribution is 2.66. The fraction of sp³-hybridized carbons (Fsp3) is 0.750. The Morgan fingerprint density at radius 1 is 0.143 bits per heavy atom. The van der Waals surface area contributed by atoms with E-state index in [9.17, 15) is 0 Å². The van der Waals surface area contributed by atoms with Crippen LogP contribution in [-0.4, -0.2) is 338 Å². The zero-order valence-electron chi connectivity index (χ0n) is 48.1. The van der Waals surface area contributed by atoms with Crippen LogP contribution in [0.3, 0.4) is 0 Å². The fourth-order valence-electron chi connectivity index (χ4n) is 20.6. The van der Waals surface area contributed by atoms with Gasteiger partial charge >= 0.3 is 72.4 Å². The molecule has 0 N–H and O–H groups in total.